The predicted molar refractivity (Wildman–Crippen MR) is 64.2 cm³/mol. The van der Waals surface area contributed by atoms with Gasteiger partial charge in [-0.3, -0.25) is 0 Å². The molecule has 0 aromatic heterocycles. The van der Waals surface area contributed by atoms with Gasteiger partial charge in [-0.25, -0.2) is 0 Å². The number of carbonyl (C=O) groups excluding carboxylic acids is 1. The van der Waals surface area contributed by atoms with Crippen LogP contribution in [0.3, 0.4) is 0 Å². The van der Waals surface area contributed by atoms with Crippen molar-refractivity contribution in [3.63, 3.8) is 0 Å². The maximum atomic E-state index is 11.7. The zero-order chi connectivity index (χ0) is 12.8. The summed E-state index contributed by atoms with van der Waals surface area (Å²) in [5.41, 5.74) is 0.488. The second-order valence-electron chi connectivity index (χ2n) is 3.10. The second kappa shape index (κ2) is 6.58. The fourth-order valence-corrected chi connectivity index (χ4v) is 1.85. The molecule has 0 spiro atoms. The van der Waals surface area contributed by atoms with Crippen molar-refractivity contribution in [2.45, 2.75) is 0 Å². The molecule has 6 heteroatoms. The van der Waals surface area contributed by atoms with Gasteiger partial charge in [0, 0.05) is 0 Å². The van der Waals surface area contributed by atoms with Crippen LogP contribution in [0.4, 0.5) is 0 Å². The Kier molecular flexibility index (Phi) is 5.40. The van der Waals surface area contributed by atoms with Crippen LogP contribution in [0.1, 0.15) is 10.4 Å². The SMILES string of the molecule is COc1cc(C(=O)N[CH2][Sn])cc(OC)c1OC. The number of ether oxygens (including phenoxy) is 3. The molecule has 1 aromatic carbocycles. The van der Waals surface area contributed by atoms with Crippen LogP contribution in [0.2, 0.25) is 0 Å². The number of benzene rings is 1. The summed E-state index contributed by atoms with van der Waals surface area (Å²) < 4.78 is 16.2. The van der Waals surface area contributed by atoms with Gasteiger partial charge in [0.2, 0.25) is 0 Å². The summed E-state index contributed by atoms with van der Waals surface area (Å²) in [4.78, 5) is 11.7. The van der Waals surface area contributed by atoms with Gasteiger partial charge in [-0.1, -0.05) is 0 Å². The first kappa shape index (κ1) is 14.0. The third-order valence-electron chi connectivity index (χ3n) is 2.18. The summed E-state index contributed by atoms with van der Waals surface area (Å²) in [7, 11) is 4.56. The molecule has 3 radical (unpaired) electrons. The molecular formula is C11H14NO4Sn. The molecule has 0 aliphatic heterocycles. The topological polar surface area (TPSA) is 56.8 Å². The molecule has 1 rings (SSSR count). The van der Waals surface area contributed by atoms with E-state index in [4.69, 9.17) is 14.2 Å². The molecule has 0 unspecified atom stereocenters. The van der Waals surface area contributed by atoms with Gasteiger partial charge >= 0.3 is 114 Å². The number of hydrogen-bond acceptors (Lipinski definition) is 4. The summed E-state index contributed by atoms with van der Waals surface area (Å²) in [6, 6.07) is 3.25. The maximum absolute atomic E-state index is 11.7. The molecule has 0 heterocycles. The van der Waals surface area contributed by atoms with Crippen molar-refractivity contribution in [2.75, 3.05) is 25.9 Å². The van der Waals surface area contributed by atoms with Crippen LogP contribution >= 0.6 is 0 Å². The molecule has 0 atom stereocenters. The molecule has 0 saturated carbocycles. The third kappa shape index (κ3) is 3.18. The van der Waals surface area contributed by atoms with Crippen LogP contribution in [0.15, 0.2) is 12.1 Å². The van der Waals surface area contributed by atoms with E-state index in [2.05, 4.69) is 5.32 Å². The van der Waals surface area contributed by atoms with Gasteiger partial charge in [0.25, 0.3) is 0 Å². The van der Waals surface area contributed by atoms with Crippen LogP contribution in [0.5, 0.6) is 17.2 Å². The zero-order valence-electron chi connectivity index (χ0n) is 9.99. The van der Waals surface area contributed by atoms with Crippen LogP contribution in [-0.4, -0.2) is 54.3 Å². The Hall–Kier alpha value is -1.11. The van der Waals surface area contributed by atoms with Crippen molar-refractivity contribution in [2.24, 2.45) is 0 Å². The molecule has 0 fully saturated rings. The minimum atomic E-state index is -0.152. The molecule has 0 bridgehead atoms. The van der Waals surface area contributed by atoms with Gasteiger partial charge in [-0.2, -0.15) is 0 Å². The molecule has 1 N–H and O–H groups in total. The van der Waals surface area contributed by atoms with Gasteiger partial charge in [-0.15, -0.1) is 0 Å². The zero-order valence-corrected chi connectivity index (χ0v) is 12.8. The molecule has 0 aliphatic carbocycles. The number of methoxy groups -OCH3 is 3. The number of carbonyl (C=O) groups is 1. The summed E-state index contributed by atoms with van der Waals surface area (Å²) in [6.07, 6.45) is 0. The van der Waals surface area contributed by atoms with E-state index in [9.17, 15) is 4.79 Å². The Morgan fingerprint density at radius 1 is 1.18 bits per heavy atom. The Balaban J connectivity index is 3.22. The Bertz CT molecular complexity index is 383. The van der Waals surface area contributed by atoms with Gasteiger partial charge < -0.3 is 0 Å². The van der Waals surface area contributed by atoms with Crippen LogP contribution in [0, 0.1) is 0 Å². The fourth-order valence-electron chi connectivity index (χ4n) is 1.39. The van der Waals surface area contributed by atoms with Crippen molar-refractivity contribution >= 4 is 28.4 Å². The van der Waals surface area contributed by atoms with E-state index in [1.165, 1.54) is 43.9 Å². The number of nitrogens with one attached hydrogen (secondary N) is 1. The van der Waals surface area contributed by atoms with E-state index in [0.717, 1.165) is 0 Å². The molecule has 0 saturated heterocycles. The van der Waals surface area contributed by atoms with Gasteiger partial charge in [-0.05, 0) is 0 Å². The van der Waals surface area contributed by atoms with Gasteiger partial charge in [0.1, 0.15) is 0 Å². The Morgan fingerprint density at radius 2 is 1.71 bits per heavy atom. The molecule has 0 aliphatic rings. The predicted octanol–water partition coefficient (Wildman–Crippen LogP) is 0.568. The summed E-state index contributed by atoms with van der Waals surface area (Å²) in [5.74, 6) is 1.28. The van der Waals surface area contributed by atoms with E-state index in [1.54, 1.807) is 12.1 Å². The van der Waals surface area contributed by atoms with Crippen molar-refractivity contribution in [1.82, 2.24) is 5.32 Å². The monoisotopic (exact) mass is 344 g/mol. The van der Waals surface area contributed by atoms with Crippen molar-refractivity contribution < 1.29 is 19.0 Å². The second-order valence-corrected chi connectivity index (χ2v) is 4.11. The first-order valence-corrected chi connectivity index (χ1v) is 6.92. The average Bonchev–Trinajstić information content (AvgIpc) is 2.37. The molecule has 5 nitrogen and oxygen atoms in total. The minimum absolute atomic E-state index is 0.152. The van der Waals surface area contributed by atoms with E-state index < -0.39 is 0 Å². The molecule has 1 amide bonds. The van der Waals surface area contributed by atoms with Crippen molar-refractivity contribution in [1.29, 1.82) is 0 Å². The van der Waals surface area contributed by atoms with E-state index >= 15 is 0 Å². The molecule has 91 valence electrons. The summed E-state index contributed by atoms with van der Waals surface area (Å²) >= 11 is 1.25. The first-order chi connectivity index (χ1) is 8.17. The van der Waals surface area contributed by atoms with Crippen LogP contribution in [0.25, 0.3) is 0 Å². The number of hydrogen-bond donors (Lipinski definition) is 1. The summed E-state index contributed by atoms with van der Waals surface area (Å²) in [6.45, 7) is 0. The Morgan fingerprint density at radius 3 is 2.06 bits per heavy atom. The standard InChI is InChI=1S/C11H14NO4.Sn/c1-12-11(13)7-5-8(14-2)10(16-4)9(6-7)15-3;/h5-6H,1H2,2-4H3,(H,12,13);. The van der Waals surface area contributed by atoms with Crippen LogP contribution in [-0.2, 0) is 0 Å². The van der Waals surface area contributed by atoms with E-state index in [1.807, 2.05) is 0 Å². The van der Waals surface area contributed by atoms with Gasteiger partial charge in [0.05, 0.1) is 0 Å². The third-order valence-corrected chi connectivity index (χ3v) is 2.68. The Labute approximate surface area is 114 Å². The normalized spacial score (nSPS) is 9.65. The number of rotatable bonds is 5. The quantitative estimate of drug-likeness (QED) is 0.795. The first-order valence-electron chi connectivity index (χ1n) is 4.90. The van der Waals surface area contributed by atoms with E-state index in [-0.39, 0.29) is 5.91 Å². The average molecular weight is 343 g/mol. The van der Waals surface area contributed by atoms with E-state index in [0.29, 0.717) is 27.4 Å². The fraction of sp³-hybridized carbons (Fsp3) is 0.364. The molecule has 17 heavy (non-hydrogen) atoms. The van der Waals surface area contributed by atoms with Crippen molar-refractivity contribution in [3.8, 4) is 17.2 Å². The number of amides is 1. The van der Waals surface area contributed by atoms with Gasteiger partial charge in [0.15, 0.2) is 0 Å². The summed E-state index contributed by atoms with van der Waals surface area (Å²) in [5, 5.41) is 2.75. The van der Waals surface area contributed by atoms with Crippen molar-refractivity contribution in [3.05, 3.63) is 17.7 Å². The molecule has 1 aromatic rings. The van der Waals surface area contributed by atoms with Crippen LogP contribution < -0.4 is 19.5 Å². The molecular weight excluding hydrogens is 329 g/mol.